The van der Waals surface area contributed by atoms with E-state index in [1.165, 1.54) is 12.0 Å². The van der Waals surface area contributed by atoms with E-state index < -0.39 is 6.10 Å². The lowest BCUT2D eigenvalue weighted by atomic mass is 9.89. The summed E-state index contributed by atoms with van der Waals surface area (Å²) in [7, 11) is 0. The monoisotopic (exact) mass is 289 g/mol. The lowest BCUT2D eigenvalue weighted by Crippen LogP contribution is -2.38. The van der Waals surface area contributed by atoms with Crippen LogP contribution in [-0.2, 0) is 11.2 Å². The molecule has 1 saturated heterocycles. The minimum atomic E-state index is -0.393. The number of amides is 1. The van der Waals surface area contributed by atoms with Gasteiger partial charge in [-0.15, -0.1) is 0 Å². The minimum Gasteiger partial charge on any atom is -0.484 e. The van der Waals surface area contributed by atoms with Crippen LogP contribution in [0, 0.1) is 0 Å². The summed E-state index contributed by atoms with van der Waals surface area (Å²) in [5.74, 6) is 0.744. The molecule has 1 aliphatic heterocycles. The van der Waals surface area contributed by atoms with E-state index in [1.54, 1.807) is 0 Å². The van der Waals surface area contributed by atoms with Gasteiger partial charge >= 0.3 is 0 Å². The topological polar surface area (TPSA) is 49.8 Å². The van der Waals surface area contributed by atoms with Gasteiger partial charge in [-0.3, -0.25) is 4.79 Å². The molecular formula is C17H23NO3. The molecule has 0 spiro atoms. The zero-order chi connectivity index (χ0) is 14.7. The molecule has 1 amide bonds. The highest BCUT2D eigenvalue weighted by Crippen LogP contribution is 2.32. The largest absolute Gasteiger partial charge is 0.484 e. The number of nitrogens with zero attached hydrogens (tertiary/aromatic N) is 1. The number of aliphatic hydroxyl groups excluding tert-OH is 1. The molecule has 1 atom stereocenters. The van der Waals surface area contributed by atoms with E-state index in [2.05, 4.69) is 0 Å². The summed E-state index contributed by atoms with van der Waals surface area (Å²) < 4.78 is 5.63. The fourth-order valence-corrected chi connectivity index (χ4v) is 3.22. The maximum absolute atomic E-state index is 12.1. The van der Waals surface area contributed by atoms with Gasteiger partial charge in [0.1, 0.15) is 5.75 Å². The van der Waals surface area contributed by atoms with Gasteiger partial charge in [0.05, 0.1) is 6.10 Å². The second-order valence-corrected chi connectivity index (χ2v) is 6.00. The van der Waals surface area contributed by atoms with Crippen LogP contribution < -0.4 is 4.74 Å². The Hall–Kier alpha value is -1.55. The second-order valence-electron chi connectivity index (χ2n) is 6.00. The number of hydrogen-bond donors (Lipinski definition) is 1. The maximum atomic E-state index is 12.1. The van der Waals surface area contributed by atoms with E-state index in [9.17, 15) is 9.90 Å². The van der Waals surface area contributed by atoms with Gasteiger partial charge in [-0.25, -0.2) is 0 Å². The molecule has 1 aliphatic carbocycles. The number of rotatable bonds is 3. The van der Waals surface area contributed by atoms with Crippen molar-refractivity contribution in [2.75, 3.05) is 19.7 Å². The third kappa shape index (κ3) is 3.38. The van der Waals surface area contributed by atoms with Gasteiger partial charge in [-0.1, -0.05) is 6.07 Å². The number of ether oxygens (including phenoxy) is 1. The zero-order valence-electron chi connectivity index (χ0n) is 12.4. The number of benzene rings is 1. The standard InChI is InChI=1S/C17H23NO3/c19-16-6-4-5-13-7-8-14(11-15(13)16)21-12-17(20)18-9-2-1-3-10-18/h7-8,11,16,19H,1-6,9-10,12H2. The van der Waals surface area contributed by atoms with Crippen molar-refractivity contribution in [1.82, 2.24) is 4.90 Å². The van der Waals surface area contributed by atoms with Crippen LogP contribution in [0.2, 0.25) is 0 Å². The lowest BCUT2D eigenvalue weighted by molar-refractivity contribution is -0.134. The molecule has 1 aromatic rings. The average Bonchev–Trinajstić information content (AvgIpc) is 2.54. The molecule has 4 nitrogen and oxygen atoms in total. The number of carbonyl (C=O) groups excluding carboxylic acids is 1. The molecule has 0 radical (unpaired) electrons. The van der Waals surface area contributed by atoms with E-state index in [1.807, 2.05) is 23.1 Å². The first-order chi connectivity index (χ1) is 10.2. The summed E-state index contributed by atoms with van der Waals surface area (Å²) in [5, 5.41) is 10.0. The number of likely N-dealkylation sites (tertiary alicyclic amines) is 1. The summed E-state index contributed by atoms with van der Waals surface area (Å²) >= 11 is 0. The first-order valence-corrected chi connectivity index (χ1v) is 7.95. The molecular weight excluding hydrogens is 266 g/mol. The van der Waals surface area contributed by atoms with E-state index >= 15 is 0 Å². The second kappa shape index (κ2) is 6.48. The van der Waals surface area contributed by atoms with Crippen molar-refractivity contribution in [2.45, 2.75) is 44.6 Å². The van der Waals surface area contributed by atoms with Crippen LogP contribution in [0.1, 0.15) is 49.3 Å². The van der Waals surface area contributed by atoms with Gasteiger partial charge in [-0.05, 0) is 61.8 Å². The van der Waals surface area contributed by atoms with Gasteiger partial charge in [0.2, 0.25) is 0 Å². The van der Waals surface area contributed by atoms with Crippen LogP contribution in [0.25, 0.3) is 0 Å². The molecule has 1 unspecified atom stereocenters. The Morgan fingerprint density at radius 2 is 2.05 bits per heavy atom. The van der Waals surface area contributed by atoms with Gasteiger partial charge in [-0.2, -0.15) is 0 Å². The molecule has 1 heterocycles. The van der Waals surface area contributed by atoms with Crippen molar-refractivity contribution in [2.24, 2.45) is 0 Å². The SMILES string of the molecule is O=C(COc1ccc2c(c1)C(O)CCC2)N1CCCCC1. The molecule has 3 rings (SSSR count). The summed E-state index contributed by atoms with van der Waals surface area (Å²) in [5.41, 5.74) is 2.16. The van der Waals surface area contributed by atoms with Crippen molar-refractivity contribution < 1.29 is 14.6 Å². The Morgan fingerprint density at radius 3 is 2.86 bits per heavy atom. The Kier molecular flexibility index (Phi) is 4.44. The minimum absolute atomic E-state index is 0.0629. The summed E-state index contributed by atoms with van der Waals surface area (Å²) in [4.78, 5) is 14.0. The summed E-state index contributed by atoms with van der Waals surface area (Å²) in [6, 6.07) is 5.81. The van der Waals surface area contributed by atoms with Crippen LogP contribution in [0.4, 0.5) is 0 Å². The lowest BCUT2D eigenvalue weighted by Gasteiger charge is -2.27. The van der Waals surface area contributed by atoms with Crippen molar-refractivity contribution in [3.63, 3.8) is 0 Å². The highest BCUT2D eigenvalue weighted by Gasteiger charge is 2.20. The molecule has 0 saturated carbocycles. The predicted molar refractivity (Wildman–Crippen MR) is 80.3 cm³/mol. The number of aliphatic hydroxyl groups is 1. The quantitative estimate of drug-likeness (QED) is 0.930. The van der Waals surface area contributed by atoms with E-state index in [-0.39, 0.29) is 12.5 Å². The van der Waals surface area contributed by atoms with Crippen LogP contribution in [0.5, 0.6) is 5.75 Å². The van der Waals surface area contributed by atoms with Crippen LogP contribution in [0.3, 0.4) is 0 Å². The first-order valence-electron chi connectivity index (χ1n) is 7.95. The first kappa shape index (κ1) is 14.4. The van der Waals surface area contributed by atoms with Gasteiger partial charge in [0, 0.05) is 13.1 Å². The molecule has 0 aromatic heterocycles. The Labute approximate surface area is 125 Å². The van der Waals surface area contributed by atoms with Crippen LogP contribution >= 0.6 is 0 Å². The number of piperidine rings is 1. The van der Waals surface area contributed by atoms with Crippen LogP contribution in [0.15, 0.2) is 18.2 Å². The maximum Gasteiger partial charge on any atom is 0.260 e. The number of aryl methyl sites for hydroxylation is 1. The van der Waals surface area contributed by atoms with Gasteiger partial charge in [0.25, 0.3) is 5.91 Å². The third-order valence-corrected chi connectivity index (χ3v) is 4.47. The number of carbonyl (C=O) groups is 1. The van der Waals surface area contributed by atoms with Crippen molar-refractivity contribution >= 4 is 5.91 Å². The van der Waals surface area contributed by atoms with E-state index in [0.717, 1.165) is 50.8 Å². The van der Waals surface area contributed by atoms with Gasteiger partial charge < -0.3 is 14.7 Å². The van der Waals surface area contributed by atoms with Crippen LogP contribution in [-0.4, -0.2) is 35.6 Å². The number of hydrogen-bond acceptors (Lipinski definition) is 3. The molecule has 114 valence electrons. The average molecular weight is 289 g/mol. The molecule has 4 heteroatoms. The molecule has 21 heavy (non-hydrogen) atoms. The summed E-state index contributed by atoms with van der Waals surface area (Å²) in [6.07, 6.45) is 5.86. The fourth-order valence-electron chi connectivity index (χ4n) is 3.22. The Bertz CT molecular complexity index is 509. The van der Waals surface area contributed by atoms with Crippen molar-refractivity contribution in [3.8, 4) is 5.75 Å². The molecule has 1 aromatic carbocycles. The van der Waals surface area contributed by atoms with E-state index in [0.29, 0.717) is 5.75 Å². The van der Waals surface area contributed by atoms with Crippen molar-refractivity contribution in [1.29, 1.82) is 0 Å². The third-order valence-electron chi connectivity index (χ3n) is 4.47. The zero-order valence-corrected chi connectivity index (χ0v) is 12.4. The summed E-state index contributed by atoms with van der Waals surface area (Å²) in [6.45, 7) is 1.80. The van der Waals surface area contributed by atoms with Crippen molar-refractivity contribution in [3.05, 3.63) is 29.3 Å². The molecule has 0 bridgehead atoms. The highest BCUT2D eigenvalue weighted by atomic mass is 16.5. The number of fused-ring (bicyclic) bond motifs is 1. The normalized spacial score (nSPS) is 21.8. The molecule has 2 aliphatic rings. The highest BCUT2D eigenvalue weighted by molar-refractivity contribution is 5.77. The molecule has 1 N–H and O–H groups in total. The Balaban J connectivity index is 1.60. The fraction of sp³-hybridized carbons (Fsp3) is 0.588. The predicted octanol–water partition coefficient (Wildman–Crippen LogP) is 2.45. The molecule has 1 fully saturated rings. The van der Waals surface area contributed by atoms with E-state index in [4.69, 9.17) is 4.74 Å². The smallest absolute Gasteiger partial charge is 0.260 e. The Morgan fingerprint density at radius 1 is 1.24 bits per heavy atom. The van der Waals surface area contributed by atoms with Gasteiger partial charge in [0.15, 0.2) is 6.61 Å².